The van der Waals surface area contributed by atoms with Crippen molar-refractivity contribution >= 4 is 23.2 Å². The number of alkyl halides is 1. The van der Waals surface area contributed by atoms with Gasteiger partial charge in [0.15, 0.2) is 0 Å². The number of aromatic nitrogens is 1. The van der Waals surface area contributed by atoms with Gasteiger partial charge in [0.2, 0.25) is 0 Å². The standard InChI is InChI=1S/C11H16Cl2N2/c1-2-6-15(7-4-12)9-10-3-5-14-8-11(10)13/h3,5,8H,2,4,6-7,9H2,1H3. The fraction of sp³-hybridized carbons (Fsp3) is 0.545. The van der Waals surface area contributed by atoms with Crippen LogP contribution in [0.4, 0.5) is 0 Å². The van der Waals surface area contributed by atoms with E-state index in [0.717, 1.165) is 36.6 Å². The Balaban J connectivity index is 2.60. The Morgan fingerprint density at radius 2 is 2.20 bits per heavy atom. The van der Waals surface area contributed by atoms with Crippen molar-refractivity contribution in [3.8, 4) is 0 Å². The zero-order valence-electron chi connectivity index (χ0n) is 8.92. The molecular weight excluding hydrogens is 231 g/mol. The first-order chi connectivity index (χ1) is 7.27. The summed E-state index contributed by atoms with van der Waals surface area (Å²) in [6.45, 7) is 4.96. The lowest BCUT2D eigenvalue weighted by atomic mass is 10.2. The van der Waals surface area contributed by atoms with Crippen LogP contribution in [0.5, 0.6) is 0 Å². The van der Waals surface area contributed by atoms with Crippen LogP contribution in [0.1, 0.15) is 18.9 Å². The van der Waals surface area contributed by atoms with Crippen LogP contribution in [0.3, 0.4) is 0 Å². The summed E-state index contributed by atoms with van der Waals surface area (Å²) in [6.07, 6.45) is 4.58. The maximum atomic E-state index is 6.05. The molecule has 0 aliphatic rings. The molecule has 0 aliphatic heterocycles. The Kier molecular flexibility index (Phi) is 5.99. The van der Waals surface area contributed by atoms with E-state index in [2.05, 4.69) is 16.8 Å². The average Bonchev–Trinajstić information content (AvgIpc) is 2.22. The molecule has 0 saturated heterocycles. The summed E-state index contributed by atoms with van der Waals surface area (Å²) in [5.74, 6) is 0.655. The molecule has 84 valence electrons. The maximum absolute atomic E-state index is 6.05. The Morgan fingerprint density at radius 1 is 1.40 bits per heavy atom. The summed E-state index contributed by atoms with van der Waals surface area (Å²) >= 11 is 11.8. The summed E-state index contributed by atoms with van der Waals surface area (Å²) in [5.41, 5.74) is 1.12. The third kappa shape index (κ3) is 4.37. The fourth-order valence-corrected chi connectivity index (χ4v) is 1.90. The van der Waals surface area contributed by atoms with E-state index in [9.17, 15) is 0 Å². The molecule has 0 aromatic carbocycles. The Labute approximate surface area is 101 Å². The van der Waals surface area contributed by atoms with Gasteiger partial charge in [0.25, 0.3) is 0 Å². The zero-order valence-corrected chi connectivity index (χ0v) is 10.4. The quantitative estimate of drug-likeness (QED) is 0.717. The van der Waals surface area contributed by atoms with Gasteiger partial charge in [0, 0.05) is 31.4 Å². The molecule has 0 unspecified atom stereocenters. The molecule has 15 heavy (non-hydrogen) atoms. The van der Waals surface area contributed by atoms with E-state index in [1.165, 1.54) is 0 Å². The van der Waals surface area contributed by atoms with E-state index in [-0.39, 0.29) is 0 Å². The lowest BCUT2D eigenvalue weighted by Gasteiger charge is -2.20. The van der Waals surface area contributed by atoms with Gasteiger partial charge in [0.1, 0.15) is 0 Å². The molecule has 4 heteroatoms. The van der Waals surface area contributed by atoms with Crippen LogP contribution in [0.25, 0.3) is 0 Å². The molecule has 2 nitrogen and oxygen atoms in total. The third-order valence-electron chi connectivity index (χ3n) is 2.19. The SMILES string of the molecule is CCCN(CCCl)Cc1ccncc1Cl. The van der Waals surface area contributed by atoms with Crippen molar-refractivity contribution in [3.63, 3.8) is 0 Å². The number of nitrogens with zero attached hydrogens (tertiary/aromatic N) is 2. The van der Waals surface area contributed by atoms with Gasteiger partial charge in [-0.3, -0.25) is 9.88 Å². The van der Waals surface area contributed by atoms with Crippen molar-refractivity contribution in [2.75, 3.05) is 19.0 Å². The fourth-order valence-electron chi connectivity index (χ4n) is 1.48. The van der Waals surface area contributed by atoms with Crippen molar-refractivity contribution in [2.45, 2.75) is 19.9 Å². The minimum absolute atomic E-state index is 0.655. The first-order valence-electron chi connectivity index (χ1n) is 5.14. The molecule has 0 spiro atoms. The summed E-state index contributed by atoms with van der Waals surface area (Å²) in [4.78, 5) is 6.27. The second-order valence-electron chi connectivity index (χ2n) is 3.43. The van der Waals surface area contributed by atoms with Crippen molar-refractivity contribution in [1.82, 2.24) is 9.88 Å². The zero-order chi connectivity index (χ0) is 11.1. The predicted octanol–water partition coefficient (Wildman–Crippen LogP) is 3.19. The molecule has 0 aliphatic carbocycles. The number of hydrogen-bond acceptors (Lipinski definition) is 2. The molecule has 0 fully saturated rings. The van der Waals surface area contributed by atoms with Gasteiger partial charge in [-0.1, -0.05) is 18.5 Å². The predicted molar refractivity (Wildman–Crippen MR) is 65.5 cm³/mol. The van der Waals surface area contributed by atoms with Gasteiger partial charge in [-0.15, -0.1) is 11.6 Å². The van der Waals surface area contributed by atoms with Crippen LogP contribution in [-0.2, 0) is 6.54 Å². The maximum Gasteiger partial charge on any atom is 0.0634 e. The van der Waals surface area contributed by atoms with E-state index >= 15 is 0 Å². The highest BCUT2D eigenvalue weighted by Gasteiger charge is 2.06. The van der Waals surface area contributed by atoms with Crippen LogP contribution in [0.2, 0.25) is 5.02 Å². The molecule has 0 N–H and O–H groups in total. The van der Waals surface area contributed by atoms with Gasteiger partial charge < -0.3 is 0 Å². The largest absolute Gasteiger partial charge is 0.298 e. The smallest absolute Gasteiger partial charge is 0.0634 e. The second-order valence-corrected chi connectivity index (χ2v) is 4.22. The lowest BCUT2D eigenvalue weighted by molar-refractivity contribution is 0.282. The highest BCUT2D eigenvalue weighted by Crippen LogP contribution is 2.15. The number of rotatable bonds is 6. The highest BCUT2D eigenvalue weighted by atomic mass is 35.5. The number of hydrogen-bond donors (Lipinski definition) is 0. The molecule has 0 radical (unpaired) electrons. The molecule has 1 heterocycles. The van der Waals surface area contributed by atoms with Crippen LogP contribution < -0.4 is 0 Å². The molecule has 0 saturated carbocycles. The third-order valence-corrected chi connectivity index (χ3v) is 2.70. The molecule has 0 bridgehead atoms. The second kappa shape index (κ2) is 7.04. The molecule has 1 aromatic heterocycles. The van der Waals surface area contributed by atoms with Crippen LogP contribution in [-0.4, -0.2) is 28.9 Å². The number of pyridine rings is 1. The van der Waals surface area contributed by atoms with Gasteiger partial charge in [-0.25, -0.2) is 0 Å². The van der Waals surface area contributed by atoms with Crippen molar-refractivity contribution in [2.24, 2.45) is 0 Å². The van der Waals surface area contributed by atoms with Crippen LogP contribution in [0.15, 0.2) is 18.5 Å². The van der Waals surface area contributed by atoms with E-state index in [4.69, 9.17) is 23.2 Å². The molecule has 1 aromatic rings. The Hall–Kier alpha value is -0.310. The summed E-state index contributed by atoms with van der Waals surface area (Å²) < 4.78 is 0. The van der Waals surface area contributed by atoms with Gasteiger partial charge in [-0.2, -0.15) is 0 Å². The molecule has 0 atom stereocenters. The first kappa shape index (κ1) is 12.8. The van der Waals surface area contributed by atoms with E-state index in [0.29, 0.717) is 5.88 Å². The first-order valence-corrected chi connectivity index (χ1v) is 6.06. The minimum atomic E-state index is 0.655. The Morgan fingerprint density at radius 3 is 2.80 bits per heavy atom. The Bertz CT molecular complexity index is 286. The van der Waals surface area contributed by atoms with E-state index in [1.807, 2.05) is 6.07 Å². The highest BCUT2D eigenvalue weighted by molar-refractivity contribution is 6.31. The van der Waals surface area contributed by atoms with Crippen molar-refractivity contribution in [1.29, 1.82) is 0 Å². The van der Waals surface area contributed by atoms with E-state index in [1.54, 1.807) is 12.4 Å². The van der Waals surface area contributed by atoms with Crippen LogP contribution in [0, 0.1) is 0 Å². The lowest BCUT2D eigenvalue weighted by Crippen LogP contribution is -2.26. The van der Waals surface area contributed by atoms with Crippen molar-refractivity contribution < 1.29 is 0 Å². The van der Waals surface area contributed by atoms with Crippen LogP contribution >= 0.6 is 23.2 Å². The summed E-state index contributed by atoms with van der Waals surface area (Å²) in [6, 6.07) is 1.96. The monoisotopic (exact) mass is 246 g/mol. The summed E-state index contributed by atoms with van der Waals surface area (Å²) in [7, 11) is 0. The molecular formula is C11H16Cl2N2. The molecule has 1 rings (SSSR count). The van der Waals surface area contributed by atoms with E-state index < -0.39 is 0 Å². The average molecular weight is 247 g/mol. The normalized spacial score (nSPS) is 10.9. The van der Waals surface area contributed by atoms with Crippen molar-refractivity contribution in [3.05, 3.63) is 29.0 Å². The van der Waals surface area contributed by atoms with Gasteiger partial charge in [0.05, 0.1) is 5.02 Å². The van der Waals surface area contributed by atoms with Gasteiger partial charge >= 0.3 is 0 Å². The van der Waals surface area contributed by atoms with Gasteiger partial charge in [-0.05, 0) is 24.6 Å². The topological polar surface area (TPSA) is 16.1 Å². The summed E-state index contributed by atoms with van der Waals surface area (Å²) in [5, 5.41) is 0.730. The molecule has 0 amide bonds. The number of halogens is 2. The minimum Gasteiger partial charge on any atom is -0.298 e.